The molecule has 0 saturated heterocycles. The van der Waals surface area contributed by atoms with Gasteiger partial charge in [-0.2, -0.15) is 0 Å². The summed E-state index contributed by atoms with van der Waals surface area (Å²) in [7, 11) is 0. The molecule has 3 heteroatoms. The predicted molar refractivity (Wildman–Crippen MR) is 61.3 cm³/mol. The van der Waals surface area contributed by atoms with Crippen molar-refractivity contribution in [3.63, 3.8) is 0 Å². The van der Waals surface area contributed by atoms with Crippen LogP contribution in [0.15, 0.2) is 30.5 Å². The van der Waals surface area contributed by atoms with Crippen molar-refractivity contribution in [2.75, 3.05) is 0 Å². The van der Waals surface area contributed by atoms with Crippen molar-refractivity contribution in [1.29, 1.82) is 0 Å². The van der Waals surface area contributed by atoms with E-state index in [1.165, 1.54) is 0 Å². The third-order valence-electron chi connectivity index (χ3n) is 3.47. The van der Waals surface area contributed by atoms with Gasteiger partial charge in [-0.1, -0.05) is 6.07 Å². The first-order chi connectivity index (χ1) is 7.70. The fourth-order valence-corrected chi connectivity index (χ4v) is 2.22. The summed E-state index contributed by atoms with van der Waals surface area (Å²) in [5.74, 6) is -0.651. The van der Waals surface area contributed by atoms with Crippen LogP contribution in [-0.2, 0) is 11.2 Å². The van der Waals surface area contributed by atoms with E-state index < -0.39 is 11.4 Å². The lowest BCUT2D eigenvalue weighted by molar-refractivity contribution is -0.143. The topological polar surface area (TPSA) is 53.1 Å². The molecule has 0 atom stereocenters. The zero-order valence-electron chi connectivity index (χ0n) is 8.86. The lowest BCUT2D eigenvalue weighted by Crippen LogP contribution is -2.17. The van der Waals surface area contributed by atoms with Crippen LogP contribution < -0.4 is 0 Å². The molecule has 3 rings (SSSR count). The Hall–Kier alpha value is -1.77. The number of fused-ring (bicyclic) bond motifs is 1. The molecule has 0 aliphatic heterocycles. The first kappa shape index (κ1) is 9.46. The van der Waals surface area contributed by atoms with Crippen LogP contribution in [0.2, 0.25) is 0 Å². The van der Waals surface area contributed by atoms with Crippen LogP contribution in [0.25, 0.3) is 10.9 Å². The molecule has 0 radical (unpaired) electrons. The number of benzene rings is 1. The molecule has 1 aromatic carbocycles. The molecule has 1 fully saturated rings. The normalized spacial score (nSPS) is 17.5. The van der Waals surface area contributed by atoms with Gasteiger partial charge < -0.3 is 10.1 Å². The third-order valence-corrected chi connectivity index (χ3v) is 3.47. The van der Waals surface area contributed by atoms with Gasteiger partial charge in [-0.3, -0.25) is 4.79 Å². The molecule has 16 heavy (non-hydrogen) atoms. The second kappa shape index (κ2) is 3.11. The number of aromatic nitrogens is 1. The number of H-pyrrole nitrogens is 1. The molecule has 0 bridgehead atoms. The SMILES string of the molecule is O=C(O)C1(Cc2ccc3[nH]ccc3c2)CC1. The Morgan fingerprint density at radius 2 is 2.19 bits per heavy atom. The highest BCUT2D eigenvalue weighted by Crippen LogP contribution is 2.48. The van der Waals surface area contributed by atoms with Gasteiger partial charge in [-0.15, -0.1) is 0 Å². The molecule has 3 nitrogen and oxygen atoms in total. The molecule has 0 unspecified atom stereocenters. The molecule has 1 saturated carbocycles. The van der Waals surface area contributed by atoms with Crippen molar-refractivity contribution >= 4 is 16.9 Å². The smallest absolute Gasteiger partial charge is 0.309 e. The Kier molecular flexibility index (Phi) is 1.84. The van der Waals surface area contributed by atoms with Crippen molar-refractivity contribution in [3.8, 4) is 0 Å². The Balaban J connectivity index is 1.92. The first-order valence-electron chi connectivity index (χ1n) is 5.49. The van der Waals surface area contributed by atoms with Crippen molar-refractivity contribution in [1.82, 2.24) is 4.98 Å². The van der Waals surface area contributed by atoms with Crippen molar-refractivity contribution in [2.45, 2.75) is 19.3 Å². The van der Waals surface area contributed by atoms with Crippen LogP contribution in [0.4, 0.5) is 0 Å². The second-order valence-corrected chi connectivity index (χ2v) is 4.66. The van der Waals surface area contributed by atoms with Gasteiger partial charge in [0.05, 0.1) is 5.41 Å². The molecule has 1 aromatic heterocycles. The molecule has 1 aliphatic carbocycles. The van der Waals surface area contributed by atoms with Gasteiger partial charge in [0.2, 0.25) is 0 Å². The maximum Gasteiger partial charge on any atom is 0.309 e. The summed E-state index contributed by atoms with van der Waals surface area (Å²) in [6.07, 6.45) is 4.18. The van der Waals surface area contributed by atoms with E-state index in [0.717, 1.165) is 29.3 Å². The van der Waals surface area contributed by atoms with E-state index in [-0.39, 0.29) is 0 Å². The summed E-state index contributed by atoms with van der Waals surface area (Å²) in [6.45, 7) is 0. The molecular weight excluding hydrogens is 202 g/mol. The van der Waals surface area contributed by atoms with Gasteiger partial charge >= 0.3 is 5.97 Å². The monoisotopic (exact) mass is 215 g/mol. The summed E-state index contributed by atoms with van der Waals surface area (Å²) >= 11 is 0. The highest BCUT2D eigenvalue weighted by atomic mass is 16.4. The number of carboxylic acids is 1. The number of hydrogen-bond donors (Lipinski definition) is 2. The number of aliphatic carboxylic acids is 1. The highest BCUT2D eigenvalue weighted by Gasteiger charge is 2.49. The Morgan fingerprint density at radius 1 is 1.38 bits per heavy atom. The highest BCUT2D eigenvalue weighted by molar-refractivity contribution is 5.81. The lowest BCUT2D eigenvalue weighted by Gasteiger charge is -2.09. The molecule has 2 aromatic rings. The van der Waals surface area contributed by atoms with Crippen LogP contribution >= 0.6 is 0 Å². The second-order valence-electron chi connectivity index (χ2n) is 4.66. The standard InChI is InChI=1S/C13H13NO2/c15-12(16)13(4-5-13)8-9-1-2-11-10(7-9)3-6-14-11/h1-3,6-7,14H,4-5,8H2,(H,15,16). The maximum absolute atomic E-state index is 11.1. The Labute approximate surface area is 93.1 Å². The minimum atomic E-state index is -0.651. The van der Waals surface area contributed by atoms with Crippen LogP contribution in [-0.4, -0.2) is 16.1 Å². The van der Waals surface area contributed by atoms with E-state index in [1.54, 1.807) is 0 Å². The van der Waals surface area contributed by atoms with Gasteiger partial charge in [0.25, 0.3) is 0 Å². The summed E-state index contributed by atoms with van der Waals surface area (Å²) < 4.78 is 0. The van der Waals surface area contributed by atoms with Crippen LogP contribution in [0.1, 0.15) is 18.4 Å². The van der Waals surface area contributed by atoms with Gasteiger partial charge in [0.15, 0.2) is 0 Å². The van der Waals surface area contributed by atoms with Crippen molar-refractivity contribution in [2.24, 2.45) is 5.41 Å². The van der Waals surface area contributed by atoms with E-state index in [1.807, 2.05) is 24.4 Å². The number of rotatable bonds is 3. The Bertz CT molecular complexity index is 552. The Morgan fingerprint density at radius 3 is 2.88 bits per heavy atom. The number of nitrogens with one attached hydrogen (secondary N) is 1. The minimum Gasteiger partial charge on any atom is -0.481 e. The zero-order valence-corrected chi connectivity index (χ0v) is 8.86. The van der Waals surface area contributed by atoms with E-state index in [9.17, 15) is 4.79 Å². The molecular formula is C13H13NO2. The van der Waals surface area contributed by atoms with Crippen LogP contribution in [0.5, 0.6) is 0 Å². The summed E-state index contributed by atoms with van der Waals surface area (Å²) in [4.78, 5) is 14.2. The van der Waals surface area contributed by atoms with E-state index in [4.69, 9.17) is 5.11 Å². The van der Waals surface area contributed by atoms with E-state index >= 15 is 0 Å². The van der Waals surface area contributed by atoms with Gasteiger partial charge in [-0.25, -0.2) is 0 Å². The van der Waals surface area contributed by atoms with Gasteiger partial charge in [0.1, 0.15) is 0 Å². The molecule has 1 heterocycles. The number of hydrogen-bond acceptors (Lipinski definition) is 1. The summed E-state index contributed by atoms with van der Waals surface area (Å²) in [5, 5.41) is 10.3. The maximum atomic E-state index is 11.1. The largest absolute Gasteiger partial charge is 0.481 e. The summed E-state index contributed by atoms with van der Waals surface area (Å²) in [5.41, 5.74) is 1.75. The van der Waals surface area contributed by atoms with Crippen molar-refractivity contribution < 1.29 is 9.90 Å². The van der Waals surface area contributed by atoms with Crippen molar-refractivity contribution in [3.05, 3.63) is 36.0 Å². The molecule has 0 amide bonds. The zero-order chi connectivity index (χ0) is 11.2. The molecule has 0 spiro atoms. The van der Waals surface area contributed by atoms with Crippen LogP contribution in [0, 0.1) is 5.41 Å². The van der Waals surface area contributed by atoms with E-state index in [2.05, 4.69) is 11.1 Å². The third kappa shape index (κ3) is 1.40. The minimum absolute atomic E-state index is 0.468. The number of aromatic amines is 1. The molecule has 1 aliphatic rings. The summed E-state index contributed by atoms with van der Waals surface area (Å²) in [6, 6.07) is 8.12. The number of carboxylic acid groups (broad SMARTS) is 1. The first-order valence-corrected chi connectivity index (χ1v) is 5.49. The quantitative estimate of drug-likeness (QED) is 0.826. The van der Waals surface area contributed by atoms with E-state index in [0.29, 0.717) is 6.42 Å². The average Bonchev–Trinajstić information content (AvgIpc) is 2.90. The molecule has 82 valence electrons. The number of carbonyl (C=O) groups is 1. The molecule has 2 N–H and O–H groups in total. The lowest BCUT2D eigenvalue weighted by atomic mass is 9.96. The van der Waals surface area contributed by atoms with Crippen LogP contribution in [0.3, 0.4) is 0 Å². The average molecular weight is 215 g/mol. The van der Waals surface area contributed by atoms with Gasteiger partial charge in [-0.05, 0) is 48.4 Å². The predicted octanol–water partition coefficient (Wildman–Crippen LogP) is 2.58. The fraction of sp³-hybridized carbons (Fsp3) is 0.308. The fourth-order valence-electron chi connectivity index (χ4n) is 2.22. The van der Waals surface area contributed by atoms with Gasteiger partial charge in [0, 0.05) is 11.7 Å².